The van der Waals surface area contributed by atoms with E-state index in [1.807, 2.05) is 6.92 Å². The molecular formula is C13H22N2. The molecule has 3 N–H and O–H groups in total. The van der Waals surface area contributed by atoms with Crippen molar-refractivity contribution in [3.05, 3.63) is 22.3 Å². The van der Waals surface area contributed by atoms with E-state index < -0.39 is 0 Å². The normalized spacial score (nSPS) is 16.4. The van der Waals surface area contributed by atoms with Gasteiger partial charge in [-0.15, -0.1) is 0 Å². The molecule has 0 bridgehead atoms. The first-order valence-corrected chi connectivity index (χ1v) is 5.64. The van der Waals surface area contributed by atoms with Crippen LogP contribution in [0.1, 0.15) is 33.3 Å². The Balaban J connectivity index is 3.19. The Morgan fingerprint density at radius 3 is 2.53 bits per heavy atom. The van der Waals surface area contributed by atoms with Crippen molar-refractivity contribution in [1.29, 1.82) is 0 Å². The van der Waals surface area contributed by atoms with E-state index in [4.69, 9.17) is 5.73 Å². The SMILES string of the molecule is C/C=c1/c(CC(C)N)c[nH]/c1=C/C(C)C. The van der Waals surface area contributed by atoms with E-state index in [1.54, 1.807) is 0 Å². The standard InChI is InChI=1S/C13H22N2/c1-5-12-11(7-10(4)14)8-15-13(12)6-9(2)3/h5-6,8-10,15H,7,14H2,1-4H3/b12-5-,13-6+. The average Bonchev–Trinajstić information content (AvgIpc) is 2.45. The van der Waals surface area contributed by atoms with Crippen LogP contribution in [-0.4, -0.2) is 11.0 Å². The second-order valence-corrected chi connectivity index (χ2v) is 4.52. The third-order valence-electron chi connectivity index (χ3n) is 2.37. The van der Waals surface area contributed by atoms with E-state index in [0.717, 1.165) is 6.42 Å². The van der Waals surface area contributed by atoms with Gasteiger partial charge < -0.3 is 10.7 Å². The van der Waals surface area contributed by atoms with Crippen molar-refractivity contribution >= 4 is 12.2 Å². The van der Waals surface area contributed by atoms with Crippen LogP contribution in [0.4, 0.5) is 0 Å². The van der Waals surface area contributed by atoms with Crippen LogP contribution in [0.15, 0.2) is 6.20 Å². The quantitative estimate of drug-likeness (QED) is 0.765. The molecule has 1 rings (SSSR count). The molecule has 2 nitrogen and oxygen atoms in total. The van der Waals surface area contributed by atoms with Gasteiger partial charge in [-0.2, -0.15) is 0 Å². The predicted molar refractivity (Wildman–Crippen MR) is 66.8 cm³/mol. The van der Waals surface area contributed by atoms with Crippen molar-refractivity contribution in [1.82, 2.24) is 4.98 Å². The summed E-state index contributed by atoms with van der Waals surface area (Å²) in [5, 5.41) is 2.53. The topological polar surface area (TPSA) is 41.8 Å². The molecule has 0 aromatic carbocycles. The number of aromatic amines is 1. The highest BCUT2D eigenvalue weighted by atomic mass is 14.7. The van der Waals surface area contributed by atoms with Gasteiger partial charge >= 0.3 is 0 Å². The number of H-pyrrole nitrogens is 1. The summed E-state index contributed by atoms with van der Waals surface area (Å²) >= 11 is 0. The van der Waals surface area contributed by atoms with Gasteiger partial charge in [0.2, 0.25) is 0 Å². The summed E-state index contributed by atoms with van der Waals surface area (Å²) in [6.45, 7) is 8.49. The lowest BCUT2D eigenvalue weighted by molar-refractivity contribution is 0.736. The third kappa shape index (κ3) is 3.24. The molecule has 0 saturated heterocycles. The largest absolute Gasteiger partial charge is 0.361 e. The van der Waals surface area contributed by atoms with Crippen molar-refractivity contribution < 1.29 is 0 Å². The monoisotopic (exact) mass is 206 g/mol. The summed E-state index contributed by atoms with van der Waals surface area (Å²) in [6, 6.07) is 0.214. The highest BCUT2D eigenvalue weighted by Gasteiger charge is 2.02. The molecule has 1 aromatic heterocycles. The van der Waals surface area contributed by atoms with Gasteiger partial charge in [-0.1, -0.05) is 26.0 Å². The molecule has 0 aliphatic heterocycles. The summed E-state index contributed by atoms with van der Waals surface area (Å²) in [7, 11) is 0. The lowest BCUT2D eigenvalue weighted by Gasteiger charge is -2.01. The van der Waals surface area contributed by atoms with Crippen molar-refractivity contribution in [2.45, 2.75) is 40.2 Å². The fourth-order valence-corrected chi connectivity index (χ4v) is 1.82. The minimum absolute atomic E-state index is 0.214. The van der Waals surface area contributed by atoms with Crippen LogP contribution >= 0.6 is 0 Å². The van der Waals surface area contributed by atoms with Crippen LogP contribution in [0.25, 0.3) is 12.2 Å². The number of nitrogens with one attached hydrogen (secondary N) is 1. The summed E-state index contributed by atoms with van der Waals surface area (Å²) in [4.78, 5) is 3.32. The molecule has 1 heterocycles. The number of rotatable bonds is 3. The highest BCUT2D eigenvalue weighted by Crippen LogP contribution is 1.94. The molecule has 0 spiro atoms. The zero-order valence-electron chi connectivity index (χ0n) is 10.2. The summed E-state index contributed by atoms with van der Waals surface area (Å²) in [6.07, 6.45) is 7.41. The predicted octanol–water partition coefficient (Wildman–Crippen LogP) is 1.14. The molecule has 2 heteroatoms. The van der Waals surface area contributed by atoms with E-state index in [-0.39, 0.29) is 6.04 Å². The van der Waals surface area contributed by atoms with Gasteiger partial charge in [-0.05, 0) is 37.0 Å². The van der Waals surface area contributed by atoms with E-state index in [9.17, 15) is 0 Å². The zero-order valence-corrected chi connectivity index (χ0v) is 10.2. The molecule has 1 unspecified atom stereocenters. The van der Waals surface area contributed by atoms with E-state index in [2.05, 4.69) is 44.1 Å². The Hall–Kier alpha value is -1.02. The molecule has 0 radical (unpaired) electrons. The van der Waals surface area contributed by atoms with Crippen molar-refractivity contribution in [2.75, 3.05) is 0 Å². The molecule has 0 fully saturated rings. The fourth-order valence-electron chi connectivity index (χ4n) is 1.82. The van der Waals surface area contributed by atoms with Gasteiger partial charge in [0.05, 0.1) is 0 Å². The number of aromatic nitrogens is 1. The molecular weight excluding hydrogens is 184 g/mol. The van der Waals surface area contributed by atoms with Crippen molar-refractivity contribution in [3.8, 4) is 0 Å². The molecule has 1 aromatic rings. The van der Waals surface area contributed by atoms with Crippen LogP contribution in [0, 0.1) is 5.92 Å². The summed E-state index contributed by atoms with van der Waals surface area (Å²) < 4.78 is 0. The molecule has 0 aliphatic carbocycles. The first-order chi connectivity index (χ1) is 7.04. The molecule has 0 aliphatic rings. The van der Waals surface area contributed by atoms with Crippen molar-refractivity contribution in [2.24, 2.45) is 11.7 Å². The van der Waals surface area contributed by atoms with Gasteiger partial charge in [-0.3, -0.25) is 0 Å². The molecule has 0 saturated carbocycles. The van der Waals surface area contributed by atoms with Gasteiger partial charge in [0.15, 0.2) is 0 Å². The Morgan fingerprint density at radius 2 is 2.07 bits per heavy atom. The maximum atomic E-state index is 5.82. The minimum atomic E-state index is 0.214. The maximum absolute atomic E-state index is 5.82. The molecule has 15 heavy (non-hydrogen) atoms. The minimum Gasteiger partial charge on any atom is -0.361 e. The first-order valence-electron chi connectivity index (χ1n) is 5.64. The van der Waals surface area contributed by atoms with Gasteiger partial charge in [0, 0.05) is 17.6 Å². The highest BCUT2D eigenvalue weighted by molar-refractivity contribution is 5.33. The summed E-state index contributed by atoms with van der Waals surface area (Å²) in [5.41, 5.74) is 7.14. The number of hydrogen-bond donors (Lipinski definition) is 2. The molecule has 1 atom stereocenters. The lowest BCUT2D eigenvalue weighted by atomic mass is 10.1. The second-order valence-electron chi connectivity index (χ2n) is 4.52. The average molecular weight is 206 g/mol. The lowest BCUT2D eigenvalue weighted by Crippen LogP contribution is -2.28. The Kier molecular flexibility index (Phi) is 4.15. The second kappa shape index (κ2) is 5.17. The van der Waals surface area contributed by atoms with Crippen molar-refractivity contribution in [3.63, 3.8) is 0 Å². The smallest absolute Gasteiger partial charge is 0.0415 e. The van der Waals surface area contributed by atoms with Crippen LogP contribution in [0.2, 0.25) is 0 Å². The maximum Gasteiger partial charge on any atom is 0.0415 e. The Labute approximate surface area is 91.9 Å². The Bertz CT molecular complexity index is 410. The van der Waals surface area contributed by atoms with Gasteiger partial charge in [-0.25, -0.2) is 0 Å². The van der Waals surface area contributed by atoms with Gasteiger partial charge in [0.25, 0.3) is 0 Å². The zero-order chi connectivity index (χ0) is 11.4. The molecule has 0 amide bonds. The van der Waals surface area contributed by atoms with Crippen LogP contribution in [-0.2, 0) is 6.42 Å². The number of nitrogens with two attached hydrogens (primary N) is 1. The van der Waals surface area contributed by atoms with E-state index >= 15 is 0 Å². The summed E-state index contributed by atoms with van der Waals surface area (Å²) in [5.74, 6) is 0.561. The Morgan fingerprint density at radius 1 is 1.40 bits per heavy atom. The van der Waals surface area contributed by atoms with Gasteiger partial charge in [0.1, 0.15) is 0 Å². The molecule has 84 valence electrons. The van der Waals surface area contributed by atoms with E-state index in [0.29, 0.717) is 5.92 Å². The van der Waals surface area contributed by atoms with Crippen LogP contribution < -0.4 is 16.3 Å². The fraction of sp³-hybridized carbons (Fsp3) is 0.538. The van der Waals surface area contributed by atoms with Crippen LogP contribution in [0.5, 0.6) is 0 Å². The number of hydrogen-bond acceptors (Lipinski definition) is 1. The first kappa shape index (κ1) is 12.1. The third-order valence-corrected chi connectivity index (χ3v) is 2.37. The van der Waals surface area contributed by atoms with Crippen LogP contribution in [0.3, 0.4) is 0 Å². The van der Waals surface area contributed by atoms with E-state index in [1.165, 1.54) is 16.1 Å².